The monoisotopic (exact) mass is 269 g/mol. The third-order valence-corrected chi connectivity index (χ3v) is 3.11. The molecule has 0 bridgehead atoms. The summed E-state index contributed by atoms with van der Waals surface area (Å²) in [5.41, 5.74) is 2.31. The van der Waals surface area contributed by atoms with Crippen LogP contribution in [0, 0.1) is 10.1 Å². The molecule has 0 aliphatic carbocycles. The number of rotatable bonds is 3. The van der Waals surface area contributed by atoms with Crippen LogP contribution in [0.3, 0.4) is 0 Å². The van der Waals surface area contributed by atoms with Gasteiger partial charge in [0.1, 0.15) is 5.75 Å². The number of pyridine rings is 1. The van der Waals surface area contributed by atoms with Gasteiger partial charge in [0.15, 0.2) is 0 Å². The van der Waals surface area contributed by atoms with E-state index in [2.05, 4.69) is 9.97 Å². The highest BCUT2D eigenvalue weighted by Crippen LogP contribution is 2.34. The highest BCUT2D eigenvalue weighted by molar-refractivity contribution is 5.86. The normalized spacial score (nSPS) is 10.7. The molecule has 0 saturated carbocycles. The summed E-state index contributed by atoms with van der Waals surface area (Å²) in [6.45, 7) is 0. The van der Waals surface area contributed by atoms with E-state index in [1.165, 1.54) is 19.2 Å². The number of non-ortho nitro benzene ring substituents is 1. The van der Waals surface area contributed by atoms with Gasteiger partial charge in [-0.05, 0) is 18.2 Å². The van der Waals surface area contributed by atoms with Crippen molar-refractivity contribution in [2.45, 2.75) is 0 Å². The molecule has 20 heavy (non-hydrogen) atoms. The molecule has 1 aromatic carbocycles. The summed E-state index contributed by atoms with van der Waals surface area (Å²) in [5.74, 6) is 0.579. The molecule has 0 atom stereocenters. The van der Waals surface area contributed by atoms with Crippen LogP contribution < -0.4 is 4.74 Å². The predicted molar refractivity (Wildman–Crippen MR) is 74.7 cm³/mol. The van der Waals surface area contributed by atoms with Gasteiger partial charge in [0.05, 0.1) is 29.4 Å². The van der Waals surface area contributed by atoms with Crippen LogP contribution in [0.15, 0.2) is 42.7 Å². The molecule has 1 N–H and O–H groups in total. The first kappa shape index (κ1) is 12.2. The Hall–Kier alpha value is -2.89. The molecule has 2 heterocycles. The van der Waals surface area contributed by atoms with Crippen molar-refractivity contribution in [3.05, 3.63) is 52.8 Å². The van der Waals surface area contributed by atoms with Crippen LogP contribution in [0.4, 0.5) is 5.69 Å². The molecule has 3 rings (SSSR count). The SMILES string of the molecule is COc1ccc([N+](=O)[O-])cc1-c1cc2ccncc2[nH]1. The number of H-pyrrole nitrogens is 1. The second kappa shape index (κ2) is 4.65. The lowest BCUT2D eigenvalue weighted by Crippen LogP contribution is -1.92. The molecule has 6 heteroatoms. The summed E-state index contributed by atoms with van der Waals surface area (Å²) >= 11 is 0. The van der Waals surface area contributed by atoms with Crippen LogP contribution >= 0.6 is 0 Å². The quantitative estimate of drug-likeness (QED) is 0.585. The number of aromatic nitrogens is 2. The first-order chi connectivity index (χ1) is 9.69. The van der Waals surface area contributed by atoms with Crippen molar-refractivity contribution < 1.29 is 9.66 Å². The predicted octanol–water partition coefficient (Wildman–Crippen LogP) is 3.15. The topological polar surface area (TPSA) is 81.1 Å². The van der Waals surface area contributed by atoms with Crippen molar-refractivity contribution in [2.24, 2.45) is 0 Å². The Morgan fingerprint density at radius 1 is 1.30 bits per heavy atom. The Morgan fingerprint density at radius 2 is 2.15 bits per heavy atom. The van der Waals surface area contributed by atoms with Crippen LogP contribution in [-0.2, 0) is 0 Å². The minimum atomic E-state index is -0.423. The standard InChI is InChI=1S/C14H11N3O3/c1-20-14-3-2-10(17(18)19)7-11(14)12-6-9-4-5-15-8-13(9)16-12/h2-8,16H,1H3. The smallest absolute Gasteiger partial charge is 0.270 e. The summed E-state index contributed by atoms with van der Waals surface area (Å²) in [6.07, 6.45) is 3.41. The van der Waals surface area contributed by atoms with Crippen molar-refractivity contribution in [1.82, 2.24) is 9.97 Å². The zero-order chi connectivity index (χ0) is 14.1. The number of hydrogen-bond acceptors (Lipinski definition) is 4. The number of methoxy groups -OCH3 is 1. The minimum absolute atomic E-state index is 0.0255. The lowest BCUT2D eigenvalue weighted by atomic mass is 10.1. The number of aromatic amines is 1. The van der Waals surface area contributed by atoms with Crippen molar-refractivity contribution in [3.8, 4) is 17.0 Å². The Bertz CT molecular complexity index is 762. The van der Waals surface area contributed by atoms with E-state index in [1.54, 1.807) is 18.5 Å². The second-order valence-electron chi connectivity index (χ2n) is 4.29. The van der Waals surface area contributed by atoms with Gasteiger partial charge in [-0.2, -0.15) is 0 Å². The molecule has 0 unspecified atom stereocenters. The third-order valence-electron chi connectivity index (χ3n) is 3.11. The van der Waals surface area contributed by atoms with Crippen LogP contribution in [0.1, 0.15) is 0 Å². The number of hydrogen-bond donors (Lipinski definition) is 1. The molecule has 2 aromatic heterocycles. The first-order valence-electron chi connectivity index (χ1n) is 5.94. The van der Waals surface area contributed by atoms with Gasteiger partial charge in [-0.25, -0.2) is 0 Å². The molecule has 0 spiro atoms. The fraction of sp³-hybridized carbons (Fsp3) is 0.0714. The van der Waals surface area contributed by atoms with E-state index in [-0.39, 0.29) is 5.69 Å². The lowest BCUT2D eigenvalue weighted by Gasteiger charge is -2.06. The number of fused-ring (bicyclic) bond motifs is 1. The molecule has 0 amide bonds. The summed E-state index contributed by atoms with van der Waals surface area (Å²) in [7, 11) is 1.54. The van der Waals surface area contributed by atoms with E-state index in [0.29, 0.717) is 11.3 Å². The van der Waals surface area contributed by atoms with Crippen LogP contribution in [0.5, 0.6) is 5.75 Å². The minimum Gasteiger partial charge on any atom is -0.496 e. The van der Waals surface area contributed by atoms with Crippen molar-refractivity contribution in [2.75, 3.05) is 7.11 Å². The molecule has 0 aliphatic heterocycles. The Kier molecular flexibility index (Phi) is 2.83. The molecule has 6 nitrogen and oxygen atoms in total. The van der Waals surface area contributed by atoms with E-state index < -0.39 is 4.92 Å². The maximum absolute atomic E-state index is 10.9. The van der Waals surface area contributed by atoms with Crippen molar-refractivity contribution in [3.63, 3.8) is 0 Å². The summed E-state index contributed by atoms with van der Waals surface area (Å²) in [6, 6.07) is 8.30. The largest absolute Gasteiger partial charge is 0.496 e. The fourth-order valence-corrected chi connectivity index (χ4v) is 2.14. The van der Waals surface area contributed by atoms with Crippen molar-refractivity contribution >= 4 is 16.6 Å². The Labute approximate surface area is 114 Å². The Balaban J connectivity index is 2.20. The van der Waals surface area contributed by atoms with Gasteiger partial charge in [-0.1, -0.05) is 0 Å². The van der Waals surface area contributed by atoms with Gasteiger partial charge < -0.3 is 9.72 Å². The zero-order valence-corrected chi connectivity index (χ0v) is 10.7. The molecule has 3 aromatic rings. The first-order valence-corrected chi connectivity index (χ1v) is 5.94. The summed E-state index contributed by atoms with van der Waals surface area (Å²) < 4.78 is 5.27. The number of nitrogens with one attached hydrogen (secondary N) is 1. The molecular weight excluding hydrogens is 258 g/mol. The second-order valence-corrected chi connectivity index (χ2v) is 4.29. The fourth-order valence-electron chi connectivity index (χ4n) is 2.14. The maximum Gasteiger partial charge on any atom is 0.270 e. The van der Waals surface area contributed by atoms with E-state index >= 15 is 0 Å². The Morgan fingerprint density at radius 3 is 2.85 bits per heavy atom. The van der Waals surface area contributed by atoms with Gasteiger partial charge in [0, 0.05) is 29.3 Å². The molecular formula is C14H11N3O3. The summed E-state index contributed by atoms with van der Waals surface area (Å²) in [5, 5.41) is 11.9. The highest BCUT2D eigenvalue weighted by Gasteiger charge is 2.14. The zero-order valence-electron chi connectivity index (χ0n) is 10.7. The van der Waals surface area contributed by atoms with E-state index in [1.807, 2.05) is 12.1 Å². The van der Waals surface area contributed by atoms with E-state index in [9.17, 15) is 10.1 Å². The third kappa shape index (κ3) is 1.97. The number of nitrogens with zero attached hydrogens (tertiary/aromatic N) is 2. The number of nitro groups is 1. The van der Waals surface area contributed by atoms with E-state index in [4.69, 9.17) is 4.74 Å². The van der Waals surface area contributed by atoms with Gasteiger partial charge in [0.2, 0.25) is 0 Å². The van der Waals surface area contributed by atoms with Gasteiger partial charge in [-0.3, -0.25) is 15.1 Å². The number of benzene rings is 1. The molecule has 100 valence electrons. The summed E-state index contributed by atoms with van der Waals surface area (Å²) in [4.78, 5) is 17.7. The van der Waals surface area contributed by atoms with Gasteiger partial charge in [-0.15, -0.1) is 0 Å². The van der Waals surface area contributed by atoms with E-state index in [0.717, 1.165) is 16.6 Å². The van der Waals surface area contributed by atoms with Gasteiger partial charge >= 0.3 is 0 Å². The van der Waals surface area contributed by atoms with Crippen LogP contribution in [-0.4, -0.2) is 22.0 Å². The maximum atomic E-state index is 10.9. The van der Waals surface area contributed by atoms with Crippen molar-refractivity contribution in [1.29, 1.82) is 0 Å². The number of ether oxygens (including phenoxy) is 1. The average Bonchev–Trinajstić information content (AvgIpc) is 2.90. The lowest BCUT2D eigenvalue weighted by molar-refractivity contribution is -0.384. The number of nitro benzene ring substituents is 1. The molecule has 0 radical (unpaired) electrons. The average molecular weight is 269 g/mol. The molecule has 0 saturated heterocycles. The van der Waals surface area contributed by atoms with Crippen LogP contribution in [0.2, 0.25) is 0 Å². The molecule has 0 aliphatic rings. The highest BCUT2D eigenvalue weighted by atomic mass is 16.6. The van der Waals surface area contributed by atoms with Crippen LogP contribution in [0.25, 0.3) is 22.2 Å². The van der Waals surface area contributed by atoms with Gasteiger partial charge in [0.25, 0.3) is 5.69 Å². The molecule has 0 fully saturated rings.